The normalized spacial score (nSPS) is 38.3. The second-order valence-electron chi connectivity index (χ2n) is 2.83. The molecule has 3 heteroatoms. The number of hydrogen-bond acceptors (Lipinski definition) is 3. The average molecular weight is 140 g/mol. The second-order valence-corrected chi connectivity index (χ2v) is 2.83. The van der Waals surface area contributed by atoms with Crippen LogP contribution in [0.25, 0.3) is 0 Å². The van der Waals surface area contributed by atoms with E-state index in [1.165, 1.54) is 6.42 Å². The van der Waals surface area contributed by atoms with Crippen LogP contribution in [0.4, 0.5) is 0 Å². The Morgan fingerprint density at radius 1 is 1.70 bits per heavy atom. The van der Waals surface area contributed by atoms with Gasteiger partial charge in [-0.3, -0.25) is 11.1 Å². The van der Waals surface area contributed by atoms with Crippen molar-refractivity contribution in [2.45, 2.75) is 19.2 Å². The van der Waals surface area contributed by atoms with E-state index in [0.29, 0.717) is 5.92 Å². The molecule has 0 amide bonds. The highest BCUT2D eigenvalue weighted by Crippen LogP contribution is 2.28. The molecule has 2 rings (SSSR count). The summed E-state index contributed by atoms with van der Waals surface area (Å²) < 4.78 is 5.34. The highest BCUT2D eigenvalue weighted by molar-refractivity contribution is 5.08. The number of rotatable bonds is 0. The van der Waals surface area contributed by atoms with Crippen LogP contribution in [0.2, 0.25) is 0 Å². The lowest BCUT2D eigenvalue weighted by molar-refractivity contribution is 0.0394. The van der Waals surface area contributed by atoms with Gasteiger partial charge in [-0.2, -0.15) is 0 Å². The van der Waals surface area contributed by atoms with Gasteiger partial charge in [0.05, 0.1) is 0 Å². The minimum Gasteiger partial charge on any atom is -0.467 e. The molecule has 2 aliphatic rings. The molecule has 1 fully saturated rings. The minimum atomic E-state index is -0.277. The maximum Gasteiger partial charge on any atom is 0.204 e. The predicted octanol–water partition coefficient (Wildman–Crippen LogP) is 0.142. The molecule has 1 saturated heterocycles. The monoisotopic (exact) mass is 140 g/mol. The Labute approximate surface area is 60.2 Å². The van der Waals surface area contributed by atoms with Crippen molar-refractivity contribution < 1.29 is 4.74 Å². The molecule has 1 heterocycles. The lowest BCUT2D eigenvalue weighted by Crippen LogP contribution is -2.46. The summed E-state index contributed by atoms with van der Waals surface area (Å²) >= 11 is 0. The molecule has 3 nitrogen and oxygen atoms in total. The van der Waals surface area contributed by atoms with Crippen molar-refractivity contribution >= 4 is 0 Å². The molecule has 1 aliphatic heterocycles. The van der Waals surface area contributed by atoms with Crippen LogP contribution in [-0.4, -0.2) is 12.9 Å². The van der Waals surface area contributed by atoms with Gasteiger partial charge in [-0.05, 0) is 18.9 Å². The smallest absolute Gasteiger partial charge is 0.204 e. The highest BCUT2D eigenvalue weighted by atomic mass is 16.5. The molecule has 10 heavy (non-hydrogen) atoms. The van der Waals surface area contributed by atoms with Gasteiger partial charge in [-0.1, -0.05) is 0 Å². The van der Waals surface area contributed by atoms with Crippen LogP contribution in [0.3, 0.4) is 0 Å². The van der Waals surface area contributed by atoms with E-state index < -0.39 is 0 Å². The van der Waals surface area contributed by atoms with E-state index in [1.807, 2.05) is 0 Å². The van der Waals surface area contributed by atoms with Gasteiger partial charge in [-0.25, -0.2) is 0 Å². The van der Waals surface area contributed by atoms with Gasteiger partial charge in [0.15, 0.2) is 0 Å². The molecular formula is C7H12N2O. The molecule has 0 aromatic carbocycles. The average Bonchev–Trinajstić information content (AvgIpc) is 2.33. The Bertz CT molecular complexity index is 167. The van der Waals surface area contributed by atoms with E-state index in [1.54, 1.807) is 0 Å². The van der Waals surface area contributed by atoms with Crippen LogP contribution in [0.1, 0.15) is 12.8 Å². The summed E-state index contributed by atoms with van der Waals surface area (Å²) in [7, 11) is 0. The largest absolute Gasteiger partial charge is 0.467 e. The van der Waals surface area contributed by atoms with Crippen molar-refractivity contribution in [3.8, 4) is 0 Å². The maximum absolute atomic E-state index is 5.52. The van der Waals surface area contributed by atoms with Crippen LogP contribution >= 0.6 is 0 Å². The zero-order valence-electron chi connectivity index (χ0n) is 5.84. The maximum atomic E-state index is 5.52. The van der Waals surface area contributed by atoms with Crippen molar-refractivity contribution in [3.63, 3.8) is 0 Å². The fourth-order valence-corrected chi connectivity index (χ4v) is 1.53. The number of allylic oxidation sites excluding steroid dienone is 1. The summed E-state index contributed by atoms with van der Waals surface area (Å²) in [6, 6.07) is 0. The Kier molecular flexibility index (Phi) is 1.39. The number of nitrogens with two attached hydrogens (primary N) is 1. The Morgan fingerprint density at radius 3 is 3.50 bits per heavy atom. The van der Waals surface area contributed by atoms with Crippen LogP contribution in [0, 0.1) is 5.92 Å². The number of ether oxygens (including phenoxy) is 1. The van der Waals surface area contributed by atoms with E-state index in [9.17, 15) is 0 Å². The van der Waals surface area contributed by atoms with E-state index in [4.69, 9.17) is 10.5 Å². The summed E-state index contributed by atoms with van der Waals surface area (Å²) in [5.74, 6) is 1.70. The van der Waals surface area contributed by atoms with Gasteiger partial charge in [-0.15, -0.1) is 0 Å². The first-order valence-electron chi connectivity index (χ1n) is 3.72. The molecule has 3 N–H and O–H groups in total. The molecule has 0 saturated carbocycles. The lowest BCUT2D eigenvalue weighted by Gasteiger charge is -2.27. The Morgan fingerprint density at radius 2 is 2.60 bits per heavy atom. The second kappa shape index (κ2) is 2.25. The summed E-state index contributed by atoms with van der Waals surface area (Å²) in [5.41, 5.74) is 5.52. The molecule has 56 valence electrons. The summed E-state index contributed by atoms with van der Waals surface area (Å²) in [5, 5.41) is 3.07. The van der Waals surface area contributed by atoms with Gasteiger partial charge >= 0.3 is 0 Å². The number of hydrogen-bond donors (Lipinski definition) is 2. The third-order valence-electron chi connectivity index (χ3n) is 2.09. The molecular weight excluding hydrogens is 128 g/mol. The van der Waals surface area contributed by atoms with Crippen molar-refractivity contribution in [2.75, 3.05) is 6.54 Å². The number of fused-ring (bicyclic) bond motifs is 1. The quantitative estimate of drug-likeness (QED) is 0.503. The molecule has 0 aromatic heterocycles. The Balaban J connectivity index is 2.07. The summed E-state index contributed by atoms with van der Waals surface area (Å²) in [6.45, 7) is 0.979. The van der Waals surface area contributed by atoms with E-state index in [0.717, 1.165) is 18.7 Å². The van der Waals surface area contributed by atoms with Gasteiger partial charge in [0, 0.05) is 12.5 Å². The first-order valence-corrected chi connectivity index (χ1v) is 3.72. The van der Waals surface area contributed by atoms with Gasteiger partial charge < -0.3 is 4.74 Å². The van der Waals surface area contributed by atoms with Crippen LogP contribution in [0.15, 0.2) is 11.8 Å². The van der Waals surface area contributed by atoms with E-state index in [2.05, 4.69) is 11.4 Å². The van der Waals surface area contributed by atoms with Crippen LogP contribution in [-0.2, 0) is 4.74 Å². The van der Waals surface area contributed by atoms with E-state index in [-0.39, 0.29) is 6.35 Å². The van der Waals surface area contributed by atoms with Crippen molar-refractivity contribution in [1.29, 1.82) is 0 Å². The molecule has 0 bridgehead atoms. The highest BCUT2D eigenvalue weighted by Gasteiger charge is 2.26. The zero-order valence-corrected chi connectivity index (χ0v) is 5.84. The predicted molar refractivity (Wildman–Crippen MR) is 37.9 cm³/mol. The third kappa shape index (κ3) is 0.914. The standard InChI is InChI=1S/C7H12N2O/c8-7-9-4-5-2-1-3-6(5)10-7/h3,5,7,9H,1-2,4,8H2. The van der Waals surface area contributed by atoms with Crippen molar-refractivity contribution in [2.24, 2.45) is 11.7 Å². The Hall–Kier alpha value is -0.540. The minimum absolute atomic E-state index is 0.277. The van der Waals surface area contributed by atoms with Gasteiger partial charge in [0.25, 0.3) is 0 Å². The molecule has 2 atom stereocenters. The third-order valence-corrected chi connectivity index (χ3v) is 2.09. The van der Waals surface area contributed by atoms with Crippen LogP contribution in [0.5, 0.6) is 0 Å². The fraction of sp³-hybridized carbons (Fsp3) is 0.714. The summed E-state index contributed by atoms with van der Waals surface area (Å²) in [6.07, 6.45) is 4.23. The SMILES string of the molecule is NC1NCC2CCC=C2O1. The molecule has 2 unspecified atom stereocenters. The first-order chi connectivity index (χ1) is 4.86. The van der Waals surface area contributed by atoms with E-state index >= 15 is 0 Å². The van der Waals surface area contributed by atoms with Gasteiger partial charge in [0.2, 0.25) is 6.35 Å². The molecule has 0 spiro atoms. The van der Waals surface area contributed by atoms with Crippen molar-refractivity contribution in [3.05, 3.63) is 11.8 Å². The molecule has 1 aliphatic carbocycles. The fourth-order valence-electron chi connectivity index (χ4n) is 1.53. The lowest BCUT2D eigenvalue weighted by atomic mass is 10.1. The van der Waals surface area contributed by atoms with Gasteiger partial charge in [0.1, 0.15) is 5.76 Å². The number of nitrogens with one attached hydrogen (secondary N) is 1. The molecule has 0 radical (unpaired) electrons. The summed E-state index contributed by atoms with van der Waals surface area (Å²) in [4.78, 5) is 0. The topological polar surface area (TPSA) is 47.3 Å². The zero-order chi connectivity index (χ0) is 6.97. The van der Waals surface area contributed by atoms with Crippen molar-refractivity contribution in [1.82, 2.24) is 5.32 Å². The van der Waals surface area contributed by atoms with Crippen LogP contribution < -0.4 is 11.1 Å². The first kappa shape index (κ1) is 6.19. The molecule has 0 aromatic rings.